The fourth-order valence-electron chi connectivity index (χ4n) is 3.57. The third kappa shape index (κ3) is 2.76. The SMILES string of the molecule is c1ccc(CCCN2CCCC3CNCC32)cc1. The fourth-order valence-corrected chi connectivity index (χ4v) is 3.57. The molecule has 0 spiro atoms. The van der Waals surface area contributed by atoms with Crippen molar-refractivity contribution in [3.63, 3.8) is 0 Å². The third-order valence-electron chi connectivity index (χ3n) is 4.55. The number of likely N-dealkylation sites (tertiary alicyclic amines) is 1. The molecule has 2 atom stereocenters. The third-order valence-corrected chi connectivity index (χ3v) is 4.55. The Kier molecular flexibility index (Phi) is 3.96. The van der Waals surface area contributed by atoms with E-state index in [-0.39, 0.29) is 0 Å². The van der Waals surface area contributed by atoms with Gasteiger partial charge in [0.25, 0.3) is 0 Å². The van der Waals surface area contributed by atoms with Gasteiger partial charge in [0, 0.05) is 12.6 Å². The molecule has 2 fully saturated rings. The quantitative estimate of drug-likeness (QED) is 0.874. The second-order valence-corrected chi connectivity index (χ2v) is 5.75. The smallest absolute Gasteiger partial charge is 0.0260 e. The van der Waals surface area contributed by atoms with E-state index in [2.05, 4.69) is 40.5 Å². The average molecular weight is 244 g/mol. The van der Waals surface area contributed by atoms with Crippen LogP contribution in [0.5, 0.6) is 0 Å². The van der Waals surface area contributed by atoms with Gasteiger partial charge in [-0.25, -0.2) is 0 Å². The molecule has 0 bridgehead atoms. The minimum Gasteiger partial charge on any atom is -0.315 e. The van der Waals surface area contributed by atoms with E-state index < -0.39 is 0 Å². The van der Waals surface area contributed by atoms with Gasteiger partial charge in [-0.15, -0.1) is 0 Å². The molecule has 2 unspecified atom stereocenters. The molecule has 2 saturated heterocycles. The lowest BCUT2D eigenvalue weighted by Gasteiger charge is -2.37. The number of nitrogens with zero attached hydrogens (tertiary/aromatic N) is 1. The highest BCUT2D eigenvalue weighted by molar-refractivity contribution is 5.14. The maximum absolute atomic E-state index is 3.56. The van der Waals surface area contributed by atoms with Crippen molar-refractivity contribution in [2.24, 2.45) is 5.92 Å². The molecule has 0 aliphatic carbocycles. The maximum Gasteiger partial charge on any atom is 0.0260 e. The van der Waals surface area contributed by atoms with Gasteiger partial charge >= 0.3 is 0 Å². The topological polar surface area (TPSA) is 15.3 Å². The number of nitrogens with one attached hydrogen (secondary N) is 1. The van der Waals surface area contributed by atoms with Crippen LogP contribution in [-0.4, -0.2) is 37.1 Å². The minimum absolute atomic E-state index is 0.828. The van der Waals surface area contributed by atoms with Crippen LogP contribution in [0, 0.1) is 5.92 Å². The highest BCUT2D eigenvalue weighted by Crippen LogP contribution is 2.26. The Morgan fingerprint density at radius 3 is 2.94 bits per heavy atom. The first-order valence-electron chi connectivity index (χ1n) is 7.42. The van der Waals surface area contributed by atoms with Crippen molar-refractivity contribution in [3.05, 3.63) is 35.9 Å². The summed E-state index contributed by atoms with van der Waals surface area (Å²) in [4.78, 5) is 2.73. The summed E-state index contributed by atoms with van der Waals surface area (Å²) in [6.45, 7) is 5.06. The molecule has 98 valence electrons. The number of aryl methyl sites for hydroxylation is 1. The maximum atomic E-state index is 3.56. The zero-order chi connectivity index (χ0) is 12.2. The van der Waals surface area contributed by atoms with Crippen molar-refractivity contribution >= 4 is 0 Å². The van der Waals surface area contributed by atoms with Crippen LogP contribution < -0.4 is 5.32 Å². The van der Waals surface area contributed by atoms with Gasteiger partial charge in [0.2, 0.25) is 0 Å². The second-order valence-electron chi connectivity index (χ2n) is 5.75. The molecule has 2 heterocycles. The van der Waals surface area contributed by atoms with Gasteiger partial charge in [-0.1, -0.05) is 30.3 Å². The molecule has 0 radical (unpaired) electrons. The Hall–Kier alpha value is -0.860. The standard InChI is InChI=1S/C16H24N2/c1-2-6-14(7-3-1)8-4-10-18-11-5-9-15-12-17-13-16(15)18/h1-3,6-7,15-17H,4-5,8-13H2. The zero-order valence-electron chi connectivity index (χ0n) is 11.1. The molecular formula is C16H24N2. The van der Waals surface area contributed by atoms with Crippen LogP contribution >= 0.6 is 0 Å². The molecule has 0 saturated carbocycles. The van der Waals surface area contributed by atoms with Crippen molar-refractivity contribution < 1.29 is 0 Å². The zero-order valence-corrected chi connectivity index (χ0v) is 11.1. The van der Waals surface area contributed by atoms with E-state index in [4.69, 9.17) is 0 Å². The minimum atomic E-state index is 0.828. The van der Waals surface area contributed by atoms with E-state index in [1.54, 1.807) is 0 Å². The lowest BCUT2D eigenvalue weighted by Crippen LogP contribution is -2.45. The van der Waals surface area contributed by atoms with Crippen molar-refractivity contribution in [2.45, 2.75) is 31.7 Å². The molecule has 1 N–H and O–H groups in total. The summed E-state index contributed by atoms with van der Waals surface area (Å²) in [5, 5.41) is 3.56. The van der Waals surface area contributed by atoms with Crippen LogP contribution in [0.4, 0.5) is 0 Å². The molecular weight excluding hydrogens is 220 g/mol. The number of benzene rings is 1. The first-order chi connectivity index (χ1) is 8.93. The van der Waals surface area contributed by atoms with Crippen LogP contribution in [0.3, 0.4) is 0 Å². The van der Waals surface area contributed by atoms with Gasteiger partial charge < -0.3 is 5.32 Å². The van der Waals surface area contributed by atoms with E-state index in [0.717, 1.165) is 12.0 Å². The molecule has 0 aromatic heterocycles. The number of piperidine rings is 1. The average Bonchev–Trinajstić information content (AvgIpc) is 2.89. The molecule has 1 aromatic rings. The van der Waals surface area contributed by atoms with Crippen LogP contribution in [-0.2, 0) is 6.42 Å². The lowest BCUT2D eigenvalue weighted by atomic mass is 9.92. The summed E-state index contributed by atoms with van der Waals surface area (Å²) in [6, 6.07) is 11.7. The summed E-state index contributed by atoms with van der Waals surface area (Å²) in [5.74, 6) is 0.926. The van der Waals surface area contributed by atoms with Crippen molar-refractivity contribution in [3.8, 4) is 0 Å². The van der Waals surface area contributed by atoms with Gasteiger partial charge in [0.05, 0.1) is 0 Å². The van der Waals surface area contributed by atoms with Gasteiger partial charge in [-0.2, -0.15) is 0 Å². The van der Waals surface area contributed by atoms with Crippen LogP contribution in [0.1, 0.15) is 24.8 Å². The van der Waals surface area contributed by atoms with E-state index >= 15 is 0 Å². The van der Waals surface area contributed by atoms with E-state index in [0.29, 0.717) is 0 Å². The first-order valence-corrected chi connectivity index (χ1v) is 7.42. The lowest BCUT2D eigenvalue weighted by molar-refractivity contribution is 0.124. The van der Waals surface area contributed by atoms with Gasteiger partial charge in [-0.05, 0) is 56.8 Å². The largest absolute Gasteiger partial charge is 0.315 e. The van der Waals surface area contributed by atoms with Gasteiger partial charge in [0.15, 0.2) is 0 Å². The Morgan fingerprint density at radius 2 is 2.06 bits per heavy atom. The molecule has 3 rings (SSSR count). The molecule has 2 nitrogen and oxygen atoms in total. The van der Waals surface area contributed by atoms with E-state index in [1.165, 1.54) is 57.4 Å². The highest BCUT2D eigenvalue weighted by atomic mass is 15.2. The monoisotopic (exact) mass is 244 g/mol. The molecule has 18 heavy (non-hydrogen) atoms. The fraction of sp³-hybridized carbons (Fsp3) is 0.625. The summed E-state index contributed by atoms with van der Waals surface area (Å²) in [5.41, 5.74) is 1.48. The molecule has 2 heteroatoms. The predicted molar refractivity (Wildman–Crippen MR) is 75.7 cm³/mol. The molecule has 1 aromatic carbocycles. The second kappa shape index (κ2) is 5.85. The number of hydrogen-bond acceptors (Lipinski definition) is 2. The van der Waals surface area contributed by atoms with Gasteiger partial charge in [-0.3, -0.25) is 4.90 Å². The van der Waals surface area contributed by atoms with E-state index in [1.807, 2.05) is 0 Å². The van der Waals surface area contributed by atoms with Crippen molar-refractivity contribution in [1.29, 1.82) is 0 Å². The van der Waals surface area contributed by atoms with Gasteiger partial charge in [0.1, 0.15) is 0 Å². The van der Waals surface area contributed by atoms with Crippen LogP contribution in [0.15, 0.2) is 30.3 Å². The molecule has 2 aliphatic heterocycles. The van der Waals surface area contributed by atoms with Crippen LogP contribution in [0.25, 0.3) is 0 Å². The Labute approximate surface area is 110 Å². The Balaban J connectivity index is 1.48. The molecule has 2 aliphatic rings. The van der Waals surface area contributed by atoms with Crippen molar-refractivity contribution in [1.82, 2.24) is 10.2 Å². The Morgan fingerprint density at radius 1 is 1.17 bits per heavy atom. The number of rotatable bonds is 4. The molecule has 0 amide bonds. The normalized spacial score (nSPS) is 28.2. The number of fused-ring (bicyclic) bond motifs is 1. The summed E-state index contributed by atoms with van der Waals surface area (Å²) in [7, 11) is 0. The summed E-state index contributed by atoms with van der Waals surface area (Å²) < 4.78 is 0. The van der Waals surface area contributed by atoms with Crippen LogP contribution in [0.2, 0.25) is 0 Å². The first kappa shape index (κ1) is 12.2. The Bertz CT molecular complexity index is 363. The predicted octanol–water partition coefficient (Wildman–Crippen LogP) is 2.30. The summed E-state index contributed by atoms with van der Waals surface area (Å²) in [6.07, 6.45) is 5.36. The summed E-state index contributed by atoms with van der Waals surface area (Å²) >= 11 is 0. The number of hydrogen-bond donors (Lipinski definition) is 1. The highest BCUT2D eigenvalue weighted by Gasteiger charge is 2.34. The van der Waals surface area contributed by atoms with Crippen molar-refractivity contribution in [2.75, 3.05) is 26.2 Å². The van der Waals surface area contributed by atoms with E-state index in [9.17, 15) is 0 Å².